The Kier molecular flexibility index (Phi) is 7.81. The molecule has 0 fully saturated rings. The molecule has 0 saturated carbocycles. The summed E-state index contributed by atoms with van der Waals surface area (Å²) in [5, 5.41) is 3.38. The average molecular weight is 308 g/mol. The van der Waals surface area contributed by atoms with Gasteiger partial charge in [0.1, 0.15) is 5.75 Å². The van der Waals surface area contributed by atoms with Gasteiger partial charge >= 0.3 is 0 Å². The van der Waals surface area contributed by atoms with E-state index in [1.165, 1.54) is 5.56 Å². The molecule has 92 valence electrons. The van der Waals surface area contributed by atoms with Crippen molar-refractivity contribution >= 4 is 15.9 Å². The Morgan fingerprint density at radius 1 is 1.38 bits per heavy atom. The second-order valence-corrected chi connectivity index (χ2v) is 4.59. The first kappa shape index (κ1) is 15.8. The van der Waals surface area contributed by atoms with Crippen LogP contribution < -0.4 is 22.5 Å². The van der Waals surface area contributed by atoms with Crippen LogP contribution in [0.15, 0.2) is 22.7 Å². The third-order valence-corrected chi connectivity index (χ3v) is 2.63. The molecule has 2 nitrogen and oxygen atoms in total. The van der Waals surface area contributed by atoms with E-state index in [1.54, 1.807) is 0 Å². The first-order valence-electron chi connectivity index (χ1n) is 5.28. The first-order chi connectivity index (χ1) is 7.13. The molecule has 1 aromatic rings. The molecule has 0 amide bonds. The van der Waals surface area contributed by atoms with Gasteiger partial charge < -0.3 is 22.5 Å². The van der Waals surface area contributed by atoms with Gasteiger partial charge in [-0.05, 0) is 40.5 Å². The SMILES string of the molecule is CCOc1ccc(CNC(C)C)cc1Br.[Cl-]. The Morgan fingerprint density at radius 3 is 2.56 bits per heavy atom. The van der Waals surface area contributed by atoms with Gasteiger partial charge in [0.15, 0.2) is 0 Å². The van der Waals surface area contributed by atoms with Crippen LogP contribution in [0.3, 0.4) is 0 Å². The molecule has 0 radical (unpaired) electrons. The van der Waals surface area contributed by atoms with Gasteiger partial charge in [-0.3, -0.25) is 0 Å². The van der Waals surface area contributed by atoms with E-state index < -0.39 is 0 Å². The number of ether oxygens (including phenoxy) is 1. The maximum absolute atomic E-state index is 5.45. The molecular weight excluding hydrogens is 289 g/mol. The Balaban J connectivity index is 0.00000225. The van der Waals surface area contributed by atoms with E-state index in [0.29, 0.717) is 12.6 Å². The van der Waals surface area contributed by atoms with Gasteiger partial charge in [0.2, 0.25) is 0 Å². The van der Waals surface area contributed by atoms with E-state index in [-0.39, 0.29) is 12.4 Å². The van der Waals surface area contributed by atoms with Crippen molar-refractivity contribution < 1.29 is 17.1 Å². The van der Waals surface area contributed by atoms with Crippen molar-refractivity contribution in [3.8, 4) is 5.75 Å². The number of halogens is 2. The van der Waals surface area contributed by atoms with E-state index in [2.05, 4.69) is 47.2 Å². The number of rotatable bonds is 5. The molecule has 0 aliphatic carbocycles. The topological polar surface area (TPSA) is 21.3 Å². The van der Waals surface area contributed by atoms with Crippen LogP contribution in [0.2, 0.25) is 0 Å². The minimum Gasteiger partial charge on any atom is -1.00 e. The number of nitrogens with one attached hydrogen (secondary N) is 1. The van der Waals surface area contributed by atoms with Crippen molar-refractivity contribution in [2.75, 3.05) is 6.61 Å². The number of hydrogen-bond acceptors (Lipinski definition) is 2. The predicted molar refractivity (Wildman–Crippen MR) is 67.3 cm³/mol. The van der Waals surface area contributed by atoms with Crippen LogP contribution in [0.4, 0.5) is 0 Å². The summed E-state index contributed by atoms with van der Waals surface area (Å²) in [6.07, 6.45) is 0. The zero-order valence-corrected chi connectivity index (χ0v) is 12.2. The zero-order chi connectivity index (χ0) is 11.3. The molecule has 16 heavy (non-hydrogen) atoms. The molecule has 0 saturated heterocycles. The normalized spacial score (nSPS) is 10.1. The monoisotopic (exact) mass is 306 g/mol. The van der Waals surface area contributed by atoms with E-state index >= 15 is 0 Å². The fourth-order valence-electron chi connectivity index (χ4n) is 1.25. The molecule has 0 aliphatic heterocycles. The lowest BCUT2D eigenvalue weighted by Crippen LogP contribution is -3.00. The summed E-state index contributed by atoms with van der Waals surface area (Å²) in [5.74, 6) is 0.908. The van der Waals surface area contributed by atoms with E-state index in [9.17, 15) is 0 Å². The lowest BCUT2D eigenvalue weighted by Gasteiger charge is -2.10. The molecule has 0 atom stereocenters. The molecule has 0 unspecified atom stereocenters. The minimum atomic E-state index is 0. The van der Waals surface area contributed by atoms with Gasteiger partial charge in [0.25, 0.3) is 0 Å². The van der Waals surface area contributed by atoms with Gasteiger partial charge in [0, 0.05) is 12.6 Å². The molecular formula is C12H18BrClNO-. The molecule has 4 heteroatoms. The lowest BCUT2D eigenvalue weighted by atomic mass is 10.2. The summed E-state index contributed by atoms with van der Waals surface area (Å²) in [7, 11) is 0. The molecule has 0 spiro atoms. The summed E-state index contributed by atoms with van der Waals surface area (Å²) in [4.78, 5) is 0. The number of hydrogen-bond donors (Lipinski definition) is 1. The van der Waals surface area contributed by atoms with Gasteiger partial charge in [-0.2, -0.15) is 0 Å². The van der Waals surface area contributed by atoms with Crippen LogP contribution in [0.1, 0.15) is 26.3 Å². The highest BCUT2D eigenvalue weighted by molar-refractivity contribution is 9.10. The fraction of sp³-hybridized carbons (Fsp3) is 0.500. The highest BCUT2D eigenvalue weighted by Crippen LogP contribution is 2.25. The van der Waals surface area contributed by atoms with Gasteiger partial charge in [-0.15, -0.1) is 0 Å². The Labute approximate surface area is 112 Å². The molecule has 1 aromatic carbocycles. The second kappa shape index (κ2) is 7.93. The first-order valence-corrected chi connectivity index (χ1v) is 6.07. The smallest absolute Gasteiger partial charge is 0.133 e. The van der Waals surface area contributed by atoms with Crippen LogP contribution in [0.25, 0.3) is 0 Å². The van der Waals surface area contributed by atoms with Crippen LogP contribution in [0, 0.1) is 0 Å². The Morgan fingerprint density at radius 2 is 2.06 bits per heavy atom. The minimum absolute atomic E-state index is 0. The van der Waals surface area contributed by atoms with Crippen LogP contribution in [0.5, 0.6) is 5.75 Å². The molecule has 0 heterocycles. The summed E-state index contributed by atoms with van der Waals surface area (Å²) in [6, 6.07) is 6.70. The quantitative estimate of drug-likeness (QED) is 0.848. The lowest BCUT2D eigenvalue weighted by molar-refractivity contribution is -0.00000384. The molecule has 0 aromatic heterocycles. The second-order valence-electron chi connectivity index (χ2n) is 3.73. The Hall–Kier alpha value is -0.250. The zero-order valence-electron chi connectivity index (χ0n) is 9.89. The van der Waals surface area contributed by atoms with Crippen molar-refractivity contribution in [2.24, 2.45) is 0 Å². The standard InChI is InChI=1S/C12H18BrNO.ClH/c1-4-15-12-6-5-10(7-11(12)13)8-14-9(2)3;/h5-7,9,14H,4,8H2,1-3H3;1H/p-1. The van der Waals surface area contributed by atoms with Crippen LogP contribution in [-0.2, 0) is 6.54 Å². The molecule has 1 rings (SSSR count). The summed E-state index contributed by atoms with van der Waals surface area (Å²) < 4.78 is 6.47. The fourth-order valence-corrected chi connectivity index (χ4v) is 1.79. The Bertz CT molecular complexity index is 318. The van der Waals surface area contributed by atoms with Crippen molar-refractivity contribution in [1.82, 2.24) is 5.32 Å². The van der Waals surface area contributed by atoms with Crippen LogP contribution in [-0.4, -0.2) is 12.6 Å². The van der Waals surface area contributed by atoms with Crippen molar-refractivity contribution in [3.05, 3.63) is 28.2 Å². The maximum Gasteiger partial charge on any atom is 0.133 e. The van der Waals surface area contributed by atoms with Gasteiger partial charge in [0.05, 0.1) is 11.1 Å². The third-order valence-electron chi connectivity index (χ3n) is 2.01. The van der Waals surface area contributed by atoms with E-state index in [0.717, 1.165) is 16.8 Å². The number of benzene rings is 1. The van der Waals surface area contributed by atoms with Gasteiger partial charge in [-0.1, -0.05) is 19.9 Å². The third kappa shape index (κ3) is 5.19. The van der Waals surface area contributed by atoms with E-state index in [1.807, 2.05) is 13.0 Å². The molecule has 0 bridgehead atoms. The van der Waals surface area contributed by atoms with Gasteiger partial charge in [-0.25, -0.2) is 0 Å². The molecule has 0 aliphatic rings. The summed E-state index contributed by atoms with van der Waals surface area (Å²) in [5.41, 5.74) is 1.26. The van der Waals surface area contributed by atoms with Crippen molar-refractivity contribution in [2.45, 2.75) is 33.4 Å². The maximum atomic E-state index is 5.45. The van der Waals surface area contributed by atoms with E-state index in [4.69, 9.17) is 4.74 Å². The summed E-state index contributed by atoms with van der Waals surface area (Å²) >= 11 is 3.50. The van der Waals surface area contributed by atoms with Crippen LogP contribution >= 0.6 is 15.9 Å². The van der Waals surface area contributed by atoms with Crippen molar-refractivity contribution in [1.29, 1.82) is 0 Å². The van der Waals surface area contributed by atoms with Crippen molar-refractivity contribution in [3.63, 3.8) is 0 Å². The molecule has 1 N–H and O–H groups in total. The largest absolute Gasteiger partial charge is 1.00 e. The highest BCUT2D eigenvalue weighted by Gasteiger charge is 2.02. The summed E-state index contributed by atoms with van der Waals surface area (Å²) in [6.45, 7) is 7.86. The highest BCUT2D eigenvalue weighted by atomic mass is 79.9. The predicted octanol–water partition coefficient (Wildman–Crippen LogP) is 0.350. The average Bonchev–Trinajstić information content (AvgIpc) is 2.19.